The van der Waals surface area contributed by atoms with E-state index >= 15 is 0 Å². The van der Waals surface area contributed by atoms with Gasteiger partial charge in [-0.1, -0.05) is 0 Å². The van der Waals surface area contributed by atoms with Gasteiger partial charge in [-0.25, -0.2) is 0 Å². The Morgan fingerprint density at radius 1 is 1.27 bits per heavy atom. The molecule has 0 rings (SSSR count). The van der Waals surface area contributed by atoms with Gasteiger partial charge in [0.25, 0.3) is 0 Å². The van der Waals surface area contributed by atoms with Crippen molar-refractivity contribution in [2.45, 2.75) is 25.9 Å². The van der Waals surface area contributed by atoms with E-state index in [0.717, 1.165) is 0 Å². The molecule has 2 amide bonds. The zero-order valence-corrected chi connectivity index (χ0v) is 8.61. The summed E-state index contributed by atoms with van der Waals surface area (Å²) in [6, 6.07) is -1.51. The maximum atomic E-state index is 11.2. The molecule has 0 saturated carbocycles. The molecule has 7 heteroatoms. The second kappa shape index (κ2) is 5.97. The highest BCUT2D eigenvalue weighted by atomic mass is 16.4. The summed E-state index contributed by atoms with van der Waals surface area (Å²) in [7, 11) is 0. The molecule has 86 valence electrons. The molecule has 5 N–H and O–H groups in total. The molecule has 0 aliphatic heterocycles. The number of carbonyl (C=O) groups excluding carboxylic acids is 2. The third kappa shape index (κ3) is 5.63. The van der Waals surface area contributed by atoms with Crippen molar-refractivity contribution in [3.8, 4) is 0 Å². The van der Waals surface area contributed by atoms with Crippen molar-refractivity contribution < 1.29 is 19.5 Å². The first-order valence-corrected chi connectivity index (χ1v) is 4.40. The highest BCUT2D eigenvalue weighted by Gasteiger charge is 2.17. The maximum Gasteiger partial charge on any atom is 0.322 e. The fourth-order valence-electron chi connectivity index (χ4n) is 0.726. The Balaban J connectivity index is 3.99. The van der Waals surface area contributed by atoms with Gasteiger partial charge in [-0.15, -0.1) is 0 Å². The van der Waals surface area contributed by atoms with E-state index in [-0.39, 0.29) is 0 Å². The number of hydrogen-bond acceptors (Lipinski definition) is 4. The summed E-state index contributed by atoms with van der Waals surface area (Å²) in [5.74, 6) is -2.17. The molecule has 0 fully saturated rings. The molecule has 0 heterocycles. The number of amides is 2. The minimum atomic E-state index is -1.14. The molecule has 0 aliphatic rings. The Kier molecular flexibility index (Phi) is 5.32. The Bertz CT molecular complexity index is 265. The number of carbonyl (C=O) groups is 3. The molecule has 15 heavy (non-hydrogen) atoms. The van der Waals surface area contributed by atoms with Crippen molar-refractivity contribution in [3.63, 3.8) is 0 Å². The van der Waals surface area contributed by atoms with Crippen LogP contribution in [0.2, 0.25) is 0 Å². The Morgan fingerprint density at radius 2 is 1.80 bits per heavy atom. The Morgan fingerprint density at radius 3 is 2.20 bits per heavy atom. The number of aliphatic carboxylic acids is 1. The van der Waals surface area contributed by atoms with Gasteiger partial charge in [0.1, 0.15) is 12.6 Å². The van der Waals surface area contributed by atoms with E-state index in [0.29, 0.717) is 0 Å². The van der Waals surface area contributed by atoms with Crippen LogP contribution in [-0.2, 0) is 14.4 Å². The smallest absolute Gasteiger partial charge is 0.322 e. The van der Waals surface area contributed by atoms with Gasteiger partial charge >= 0.3 is 5.97 Å². The van der Waals surface area contributed by atoms with E-state index in [2.05, 4.69) is 10.6 Å². The molecule has 7 nitrogen and oxygen atoms in total. The monoisotopic (exact) mass is 217 g/mol. The van der Waals surface area contributed by atoms with Crippen LogP contribution in [0.15, 0.2) is 0 Å². The van der Waals surface area contributed by atoms with Crippen molar-refractivity contribution in [2.24, 2.45) is 5.73 Å². The van der Waals surface area contributed by atoms with E-state index in [1.807, 2.05) is 0 Å². The van der Waals surface area contributed by atoms with E-state index in [1.54, 1.807) is 0 Å². The van der Waals surface area contributed by atoms with Crippen LogP contribution in [0.1, 0.15) is 13.8 Å². The van der Waals surface area contributed by atoms with Crippen LogP contribution in [0.4, 0.5) is 0 Å². The fourth-order valence-corrected chi connectivity index (χ4v) is 0.726. The highest BCUT2D eigenvalue weighted by Crippen LogP contribution is 1.84. The molecule has 0 aromatic heterocycles. The van der Waals surface area contributed by atoms with Gasteiger partial charge in [0.05, 0.1) is 6.04 Å². The van der Waals surface area contributed by atoms with Crippen LogP contribution in [0.25, 0.3) is 0 Å². The summed E-state index contributed by atoms with van der Waals surface area (Å²) in [4.78, 5) is 32.4. The molecular weight excluding hydrogens is 202 g/mol. The summed E-state index contributed by atoms with van der Waals surface area (Å²) < 4.78 is 0. The average molecular weight is 217 g/mol. The van der Waals surface area contributed by atoms with Crippen molar-refractivity contribution in [1.29, 1.82) is 0 Å². The lowest BCUT2D eigenvalue weighted by Gasteiger charge is -2.14. The van der Waals surface area contributed by atoms with Crippen LogP contribution < -0.4 is 16.4 Å². The minimum absolute atomic E-state index is 0.465. The zero-order valence-electron chi connectivity index (χ0n) is 8.61. The van der Waals surface area contributed by atoms with Gasteiger partial charge < -0.3 is 21.5 Å². The summed E-state index contributed by atoms with van der Waals surface area (Å²) in [6.45, 7) is 2.45. The standard InChI is InChI=1S/C8H15N3O4/c1-4(9)7(14)11-5(2)8(15)10-3-6(12)13/h4-5H,3,9H2,1-2H3,(H,10,15)(H,11,14)(H,12,13). The molecule has 0 aromatic carbocycles. The lowest BCUT2D eigenvalue weighted by atomic mass is 10.2. The second-order valence-corrected chi connectivity index (χ2v) is 3.13. The van der Waals surface area contributed by atoms with Crippen LogP contribution in [0, 0.1) is 0 Å². The topological polar surface area (TPSA) is 122 Å². The SMILES string of the molecule is CC(N)C(=O)NC(C)C(=O)NCC(=O)O. The van der Waals surface area contributed by atoms with Crippen LogP contribution in [0.5, 0.6) is 0 Å². The van der Waals surface area contributed by atoms with Gasteiger partial charge in [0.2, 0.25) is 11.8 Å². The molecule has 2 unspecified atom stereocenters. The number of hydrogen-bond donors (Lipinski definition) is 4. The summed E-state index contributed by atoms with van der Waals surface area (Å²) >= 11 is 0. The zero-order chi connectivity index (χ0) is 12.0. The first kappa shape index (κ1) is 13.4. The van der Waals surface area contributed by atoms with Gasteiger partial charge in [-0.3, -0.25) is 14.4 Å². The number of rotatable bonds is 5. The van der Waals surface area contributed by atoms with Crippen molar-refractivity contribution in [2.75, 3.05) is 6.54 Å². The van der Waals surface area contributed by atoms with Crippen molar-refractivity contribution in [1.82, 2.24) is 10.6 Å². The second-order valence-electron chi connectivity index (χ2n) is 3.13. The Hall–Kier alpha value is -1.63. The van der Waals surface area contributed by atoms with Crippen molar-refractivity contribution in [3.05, 3.63) is 0 Å². The average Bonchev–Trinajstić information content (AvgIpc) is 2.13. The van der Waals surface area contributed by atoms with Gasteiger partial charge in [-0.05, 0) is 13.8 Å². The summed E-state index contributed by atoms with van der Waals surface area (Å²) in [6.07, 6.45) is 0. The molecule has 2 atom stereocenters. The lowest BCUT2D eigenvalue weighted by molar-refractivity contribution is -0.138. The van der Waals surface area contributed by atoms with Gasteiger partial charge in [0.15, 0.2) is 0 Å². The number of carboxylic acids is 1. The van der Waals surface area contributed by atoms with E-state index < -0.39 is 36.4 Å². The van der Waals surface area contributed by atoms with Crippen molar-refractivity contribution >= 4 is 17.8 Å². The van der Waals surface area contributed by atoms with Gasteiger partial charge in [-0.2, -0.15) is 0 Å². The van der Waals surface area contributed by atoms with E-state index in [9.17, 15) is 14.4 Å². The molecule has 0 aromatic rings. The summed E-state index contributed by atoms with van der Waals surface area (Å²) in [5.41, 5.74) is 5.27. The number of nitrogens with two attached hydrogens (primary N) is 1. The summed E-state index contributed by atoms with van der Waals surface area (Å²) in [5, 5.41) is 12.8. The number of carboxylic acid groups (broad SMARTS) is 1. The molecule has 0 spiro atoms. The molecule has 0 aliphatic carbocycles. The largest absolute Gasteiger partial charge is 0.480 e. The lowest BCUT2D eigenvalue weighted by Crippen LogP contribution is -2.50. The molecule has 0 saturated heterocycles. The predicted octanol–water partition coefficient (Wildman–Crippen LogP) is -1.96. The molecule has 0 radical (unpaired) electrons. The van der Waals surface area contributed by atoms with Gasteiger partial charge in [0, 0.05) is 0 Å². The third-order valence-corrected chi connectivity index (χ3v) is 1.58. The number of nitrogens with one attached hydrogen (secondary N) is 2. The minimum Gasteiger partial charge on any atom is -0.480 e. The fraction of sp³-hybridized carbons (Fsp3) is 0.625. The van der Waals surface area contributed by atoms with Crippen LogP contribution in [-0.4, -0.2) is 41.5 Å². The first-order valence-electron chi connectivity index (χ1n) is 4.40. The Labute approximate surface area is 87.0 Å². The first-order chi connectivity index (χ1) is 6.84. The van der Waals surface area contributed by atoms with Crippen LogP contribution in [0.3, 0.4) is 0 Å². The van der Waals surface area contributed by atoms with E-state index in [1.165, 1.54) is 13.8 Å². The van der Waals surface area contributed by atoms with Crippen LogP contribution >= 0.6 is 0 Å². The normalized spacial score (nSPS) is 13.8. The predicted molar refractivity (Wildman–Crippen MR) is 51.9 cm³/mol. The molecule has 0 bridgehead atoms. The quantitative estimate of drug-likeness (QED) is 0.426. The third-order valence-electron chi connectivity index (χ3n) is 1.58. The molecular formula is C8H15N3O4. The van der Waals surface area contributed by atoms with E-state index in [4.69, 9.17) is 10.8 Å². The highest BCUT2D eigenvalue weighted by molar-refractivity contribution is 5.90. The maximum absolute atomic E-state index is 11.2.